The number of hydrogen-bond donors (Lipinski definition) is 1. The van der Waals surface area contributed by atoms with E-state index in [9.17, 15) is 0 Å². The van der Waals surface area contributed by atoms with E-state index >= 15 is 0 Å². The van der Waals surface area contributed by atoms with Gasteiger partial charge in [0.05, 0.1) is 5.02 Å². The summed E-state index contributed by atoms with van der Waals surface area (Å²) in [5, 5.41) is 8.51. The molecule has 0 bridgehead atoms. The van der Waals surface area contributed by atoms with Crippen LogP contribution in [0.3, 0.4) is 0 Å². The largest absolute Gasteiger partial charge is 0.258 e. The zero-order valence-corrected chi connectivity index (χ0v) is 10.5. The number of H-pyrrole nitrogens is 1. The van der Waals surface area contributed by atoms with E-state index in [1.807, 2.05) is 24.3 Å². The van der Waals surface area contributed by atoms with Crippen molar-refractivity contribution < 1.29 is 0 Å². The maximum Gasteiger partial charge on any atom is 0.208 e. The van der Waals surface area contributed by atoms with Crippen LogP contribution in [0.2, 0.25) is 5.02 Å². The molecule has 1 aromatic heterocycles. The Bertz CT molecular complexity index is 470. The first-order valence-electron chi connectivity index (χ1n) is 5.11. The molecular weight excluding hydrogens is 242 g/mol. The number of hydrogen-bond acceptors (Lipinski definition) is 3. The molecule has 0 atom stereocenters. The van der Waals surface area contributed by atoms with E-state index in [0.717, 1.165) is 28.7 Å². The Kier molecular flexibility index (Phi) is 3.85. The van der Waals surface area contributed by atoms with Gasteiger partial charge < -0.3 is 0 Å². The van der Waals surface area contributed by atoms with Gasteiger partial charge in [0, 0.05) is 11.3 Å². The molecule has 2 rings (SSSR count). The number of aromatic amines is 1. The molecule has 0 saturated carbocycles. The van der Waals surface area contributed by atoms with Crippen molar-refractivity contribution in [3.05, 3.63) is 29.3 Å². The predicted molar refractivity (Wildman–Crippen MR) is 67.8 cm³/mol. The number of benzene rings is 1. The van der Waals surface area contributed by atoms with Gasteiger partial charge in [0.15, 0.2) is 5.82 Å². The number of nitrogens with zero attached hydrogens (tertiary/aromatic N) is 2. The van der Waals surface area contributed by atoms with Crippen LogP contribution in [0.25, 0.3) is 11.4 Å². The number of rotatable bonds is 4. The molecule has 1 aromatic carbocycles. The summed E-state index contributed by atoms with van der Waals surface area (Å²) in [5.74, 6) is 1.75. The second-order valence-electron chi connectivity index (χ2n) is 3.29. The minimum atomic E-state index is 0.686. The van der Waals surface area contributed by atoms with Gasteiger partial charge in [0.25, 0.3) is 0 Å². The van der Waals surface area contributed by atoms with Gasteiger partial charge >= 0.3 is 0 Å². The van der Waals surface area contributed by atoms with Crippen molar-refractivity contribution in [3.63, 3.8) is 0 Å². The third-order valence-electron chi connectivity index (χ3n) is 2.03. The van der Waals surface area contributed by atoms with Crippen LogP contribution in [0.1, 0.15) is 13.3 Å². The zero-order chi connectivity index (χ0) is 11.4. The van der Waals surface area contributed by atoms with Crippen LogP contribution in [0.5, 0.6) is 0 Å². The van der Waals surface area contributed by atoms with Crippen molar-refractivity contribution in [1.82, 2.24) is 15.2 Å². The van der Waals surface area contributed by atoms with Gasteiger partial charge in [0.1, 0.15) is 0 Å². The fourth-order valence-electron chi connectivity index (χ4n) is 1.28. The van der Waals surface area contributed by atoms with Crippen LogP contribution in [0.15, 0.2) is 29.4 Å². The molecule has 0 radical (unpaired) electrons. The zero-order valence-electron chi connectivity index (χ0n) is 8.90. The first-order chi connectivity index (χ1) is 7.81. The van der Waals surface area contributed by atoms with E-state index in [1.54, 1.807) is 11.8 Å². The molecule has 0 saturated heterocycles. The maximum atomic E-state index is 6.08. The summed E-state index contributed by atoms with van der Waals surface area (Å²) in [5.41, 5.74) is 0.889. The number of halogens is 1. The van der Waals surface area contributed by atoms with Crippen molar-refractivity contribution in [1.29, 1.82) is 0 Å². The first-order valence-corrected chi connectivity index (χ1v) is 6.47. The molecule has 2 aromatic rings. The molecule has 0 spiro atoms. The average Bonchev–Trinajstić information content (AvgIpc) is 2.75. The second kappa shape index (κ2) is 5.37. The van der Waals surface area contributed by atoms with Gasteiger partial charge in [-0.15, -0.1) is 5.10 Å². The quantitative estimate of drug-likeness (QED) is 0.846. The summed E-state index contributed by atoms with van der Waals surface area (Å²) in [7, 11) is 0. The van der Waals surface area contributed by atoms with Crippen molar-refractivity contribution in [2.75, 3.05) is 5.75 Å². The van der Waals surface area contributed by atoms with Crippen molar-refractivity contribution >= 4 is 23.4 Å². The van der Waals surface area contributed by atoms with Gasteiger partial charge in [-0.05, 0) is 18.6 Å². The Morgan fingerprint density at radius 3 is 2.94 bits per heavy atom. The summed E-state index contributed by atoms with van der Waals surface area (Å²) in [4.78, 5) is 4.39. The van der Waals surface area contributed by atoms with Crippen LogP contribution < -0.4 is 0 Å². The van der Waals surface area contributed by atoms with E-state index in [4.69, 9.17) is 11.6 Å². The van der Waals surface area contributed by atoms with Crippen molar-refractivity contribution in [3.8, 4) is 11.4 Å². The van der Waals surface area contributed by atoms with Crippen LogP contribution in [-0.2, 0) is 0 Å². The van der Waals surface area contributed by atoms with Gasteiger partial charge in [-0.3, -0.25) is 5.10 Å². The van der Waals surface area contributed by atoms with E-state index in [0.29, 0.717) is 5.02 Å². The molecule has 0 fully saturated rings. The van der Waals surface area contributed by atoms with E-state index in [-0.39, 0.29) is 0 Å². The van der Waals surface area contributed by atoms with Crippen LogP contribution >= 0.6 is 23.4 Å². The highest BCUT2D eigenvalue weighted by atomic mass is 35.5. The molecule has 16 heavy (non-hydrogen) atoms. The van der Waals surface area contributed by atoms with Crippen LogP contribution in [-0.4, -0.2) is 20.9 Å². The monoisotopic (exact) mass is 253 g/mol. The van der Waals surface area contributed by atoms with Gasteiger partial charge in [-0.2, -0.15) is 0 Å². The fourth-order valence-corrected chi connectivity index (χ4v) is 2.16. The average molecular weight is 254 g/mol. The van der Waals surface area contributed by atoms with Gasteiger partial charge in [-0.25, -0.2) is 4.98 Å². The standard InChI is InChI=1S/C11H12ClN3S/c1-2-7-16-11-13-10(14-15-11)8-5-3-4-6-9(8)12/h3-6H,2,7H2,1H3,(H,13,14,15). The normalized spacial score (nSPS) is 10.6. The summed E-state index contributed by atoms with van der Waals surface area (Å²) < 4.78 is 0. The maximum absolute atomic E-state index is 6.08. The summed E-state index contributed by atoms with van der Waals surface area (Å²) in [6.45, 7) is 2.13. The van der Waals surface area contributed by atoms with Crippen molar-refractivity contribution in [2.24, 2.45) is 0 Å². The van der Waals surface area contributed by atoms with Crippen molar-refractivity contribution in [2.45, 2.75) is 18.5 Å². The van der Waals surface area contributed by atoms with E-state index < -0.39 is 0 Å². The molecule has 1 N–H and O–H groups in total. The van der Waals surface area contributed by atoms with Gasteiger partial charge in [0.2, 0.25) is 5.16 Å². The fraction of sp³-hybridized carbons (Fsp3) is 0.273. The summed E-state index contributed by atoms with van der Waals surface area (Å²) >= 11 is 7.72. The molecule has 0 aliphatic heterocycles. The molecule has 0 unspecified atom stereocenters. The molecule has 5 heteroatoms. The van der Waals surface area contributed by atoms with E-state index in [2.05, 4.69) is 22.1 Å². The number of nitrogens with one attached hydrogen (secondary N) is 1. The third kappa shape index (κ3) is 2.57. The Morgan fingerprint density at radius 1 is 1.38 bits per heavy atom. The lowest BCUT2D eigenvalue weighted by molar-refractivity contribution is 0.968. The second-order valence-corrected chi connectivity index (χ2v) is 4.76. The Balaban J connectivity index is 2.22. The molecule has 1 heterocycles. The first kappa shape index (κ1) is 11.5. The smallest absolute Gasteiger partial charge is 0.208 e. The molecular formula is C11H12ClN3S. The predicted octanol–water partition coefficient (Wildman–Crippen LogP) is 3.63. The highest BCUT2D eigenvalue weighted by molar-refractivity contribution is 7.99. The lowest BCUT2D eigenvalue weighted by Gasteiger charge is -1.97. The lowest BCUT2D eigenvalue weighted by Crippen LogP contribution is -1.81. The molecule has 0 amide bonds. The molecule has 0 aliphatic rings. The molecule has 84 valence electrons. The molecule has 0 aliphatic carbocycles. The minimum Gasteiger partial charge on any atom is -0.258 e. The SMILES string of the molecule is CCCSc1n[nH]c(-c2ccccc2Cl)n1. The number of aromatic nitrogens is 3. The minimum absolute atomic E-state index is 0.686. The summed E-state index contributed by atoms with van der Waals surface area (Å²) in [6.07, 6.45) is 1.11. The Morgan fingerprint density at radius 2 is 2.19 bits per heavy atom. The Labute approximate surface area is 104 Å². The third-order valence-corrected chi connectivity index (χ3v) is 3.41. The van der Waals surface area contributed by atoms with E-state index in [1.165, 1.54) is 0 Å². The number of thioether (sulfide) groups is 1. The summed E-state index contributed by atoms with van der Waals surface area (Å²) in [6, 6.07) is 7.60. The lowest BCUT2D eigenvalue weighted by atomic mass is 10.2. The highest BCUT2D eigenvalue weighted by Crippen LogP contribution is 2.25. The Hall–Kier alpha value is -1.00. The van der Waals surface area contributed by atoms with Crippen LogP contribution in [0, 0.1) is 0 Å². The highest BCUT2D eigenvalue weighted by Gasteiger charge is 2.08. The topological polar surface area (TPSA) is 41.6 Å². The van der Waals surface area contributed by atoms with Crippen LogP contribution in [0.4, 0.5) is 0 Å². The van der Waals surface area contributed by atoms with Gasteiger partial charge in [-0.1, -0.05) is 42.4 Å². The molecule has 3 nitrogen and oxygen atoms in total.